The van der Waals surface area contributed by atoms with E-state index >= 15 is 0 Å². The van der Waals surface area contributed by atoms with Crippen molar-refractivity contribution in [1.82, 2.24) is 5.32 Å². The Balaban J connectivity index is 3.09. The lowest BCUT2D eigenvalue weighted by Crippen LogP contribution is -2.29. The third kappa shape index (κ3) is 4.70. The van der Waals surface area contributed by atoms with Gasteiger partial charge in [0.1, 0.15) is 5.83 Å². The number of carbonyl (C=O) groups excluding carboxylic acids is 2. The van der Waals surface area contributed by atoms with Gasteiger partial charge in [-0.3, -0.25) is 9.59 Å². The van der Waals surface area contributed by atoms with Crippen LogP contribution in [0.2, 0.25) is 0 Å². The zero-order valence-corrected chi connectivity index (χ0v) is 12.4. The van der Waals surface area contributed by atoms with Crippen LogP contribution in [0.1, 0.15) is 19.8 Å². The first kappa shape index (κ1) is 17.4. The molecule has 1 aliphatic rings. The molecule has 0 aliphatic heterocycles. The van der Waals surface area contributed by atoms with Crippen molar-refractivity contribution in [2.45, 2.75) is 19.8 Å². The summed E-state index contributed by atoms with van der Waals surface area (Å²) in [6.45, 7) is 5.18. The molecule has 0 bridgehead atoms. The number of hydrogen-bond acceptors (Lipinski definition) is 2. The van der Waals surface area contributed by atoms with E-state index in [9.17, 15) is 14.0 Å². The summed E-state index contributed by atoms with van der Waals surface area (Å²) in [5.41, 5.74) is 5.58. The topological polar surface area (TPSA) is 72.2 Å². The highest BCUT2D eigenvalue weighted by atomic mass is 19.1. The van der Waals surface area contributed by atoms with Crippen LogP contribution < -0.4 is 11.1 Å². The maximum atomic E-state index is 13.8. The molecule has 0 unspecified atom stereocenters. The summed E-state index contributed by atoms with van der Waals surface area (Å²) in [5.74, 6) is -2.07. The second kappa shape index (κ2) is 8.56. The molecule has 0 aromatic heterocycles. The van der Waals surface area contributed by atoms with Gasteiger partial charge in [0.15, 0.2) is 0 Å². The molecular formula is C17H19FN2O2. The van der Waals surface area contributed by atoms with E-state index < -0.39 is 17.6 Å². The van der Waals surface area contributed by atoms with E-state index in [1.807, 2.05) is 6.92 Å². The number of nitrogens with one attached hydrogen (secondary N) is 1. The number of halogens is 1. The predicted molar refractivity (Wildman–Crippen MR) is 85.0 cm³/mol. The minimum atomic E-state index is -0.739. The Morgan fingerprint density at radius 1 is 1.50 bits per heavy atom. The van der Waals surface area contributed by atoms with Crippen LogP contribution >= 0.6 is 0 Å². The fourth-order valence-electron chi connectivity index (χ4n) is 1.77. The summed E-state index contributed by atoms with van der Waals surface area (Å²) in [7, 11) is 0. The molecule has 1 rings (SSSR count). The minimum absolute atomic E-state index is 0.158. The van der Waals surface area contributed by atoms with Crippen LogP contribution in [0.5, 0.6) is 0 Å². The van der Waals surface area contributed by atoms with Gasteiger partial charge in [-0.15, -0.1) is 0 Å². The number of primary amides is 1. The third-order valence-corrected chi connectivity index (χ3v) is 2.86. The standard InChI is InChI=1S/C17H19FN2O2/c1-3-5-9-12(14(18)4-2)17(22)20-15-11-8-6-7-10-13(15)16(19)21/h4-6,8-11H,2-3,7H2,1H3,(H2,19,21)(H,20,22)/b9-5-,14-12-. The summed E-state index contributed by atoms with van der Waals surface area (Å²) in [4.78, 5) is 23.7. The molecule has 0 spiro atoms. The van der Waals surface area contributed by atoms with Crippen molar-refractivity contribution in [2.24, 2.45) is 5.73 Å². The lowest BCUT2D eigenvalue weighted by atomic mass is 10.1. The van der Waals surface area contributed by atoms with Gasteiger partial charge in [0.05, 0.1) is 16.8 Å². The van der Waals surface area contributed by atoms with Gasteiger partial charge < -0.3 is 11.1 Å². The van der Waals surface area contributed by atoms with Crippen molar-refractivity contribution in [3.05, 3.63) is 71.8 Å². The maximum Gasteiger partial charge on any atom is 0.258 e. The summed E-state index contributed by atoms with van der Waals surface area (Å²) < 4.78 is 13.8. The summed E-state index contributed by atoms with van der Waals surface area (Å²) in [6, 6.07) is 0. The molecule has 0 radical (unpaired) electrons. The number of rotatable bonds is 6. The number of amides is 2. The van der Waals surface area contributed by atoms with Crippen LogP contribution in [0.4, 0.5) is 4.39 Å². The summed E-state index contributed by atoms with van der Waals surface area (Å²) >= 11 is 0. The average Bonchev–Trinajstić information content (AvgIpc) is 2.72. The zero-order valence-electron chi connectivity index (χ0n) is 12.4. The summed E-state index contributed by atoms with van der Waals surface area (Å²) in [6.07, 6.45) is 11.8. The Morgan fingerprint density at radius 3 is 2.82 bits per heavy atom. The lowest BCUT2D eigenvalue weighted by Gasteiger charge is -2.11. The molecule has 2 amide bonds. The van der Waals surface area contributed by atoms with Crippen LogP contribution in [0.3, 0.4) is 0 Å². The average molecular weight is 302 g/mol. The highest BCUT2D eigenvalue weighted by Gasteiger charge is 2.17. The second-order valence-corrected chi connectivity index (χ2v) is 4.46. The van der Waals surface area contributed by atoms with Gasteiger partial charge in [0.25, 0.3) is 5.91 Å². The third-order valence-electron chi connectivity index (χ3n) is 2.86. The van der Waals surface area contributed by atoms with Gasteiger partial charge in [-0.25, -0.2) is 4.39 Å². The SMILES string of the molecule is C=C/C(F)=C(\C=C/CC)C(=O)NC1=CC=CCC=C1C(N)=O. The van der Waals surface area contributed by atoms with Crippen LogP contribution in [0.15, 0.2) is 71.8 Å². The van der Waals surface area contributed by atoms with Crippen molar-refractivity contribution in [2.75, 3.05) is 0 Å². The van der Waals surface area contributed by atoms with Crippen LogP contribution in [-0.4, -0.2) is 11.8 Å². The van der Waals surface area contributed by atoms with E-state index in [-0.39, 0.29) is 16.8 Å². The molecule has 116 valence electrons. The van der Waals surface area contributed by atoms with Gasteiger partial charge in [0.2, 0.25) is 5.91 Å². The van der Waals surface area contributed by atoms with Crippen molar-refractivity contribution in [1.29, 1.82) is 0 Å². The van der Waals surface area contributed by atoms with Crippen molar-refractivity contribution in [3.63, 3.8) is 0 Å². The Bertz CT molecular complexity index is 623. The number of carbonyl (C=O) groups is 2. The van der Waals surface area contributed by atoms with Crippen molar-refractivity contribution in [3.8, 4) is 0 Å². The molecule has 1 aliphatic carbocycles. The highest BCUT2D eigenvalue weighted by Crippen LogP contribution is 2.15. The Labute approximate surface area is 129 Å². The Morgan fingerprint density at radius 2 is 2.23 bits per heavy atom. The monoisotopic (exact) mass is 302 g/mol. The van der Waals surface area contributed by atoms with E-state index in [0.717, 1.165) is 6.08 Å². The Hall–Kier alpha value is -2.69. The van der Waals surface area contributed by atoms with Crippen LogP contribution in [-0.2, 0) is 9.59 Å². The molecule has 0 heterocycles. The molecule has 4 nitrogen and oxygen atoms in total. The molecule has 0 saturated carbocycles. The Kier molecular flexibility index (Phi) is 6.76. The molecule has 22 heavy (non-hydrogen) atoms. The van der Waals surface area contributed by atoms with Crippen molar-refractivity contribution < 1.29 is 14.0 Å². The van der Waals surface area contributed by atoms with Crippen LogP contribution in [0.25, 0.3) is 0 Å². The van der Waals surface area contributed by atoms with E-state index in [1.165, 1.54) is 6.08 Å². The van der Waals surface area contributed by atoms with Gasteiger partial charge in [-0.2, -0.15) is 0 Å². The predicted octanol–water partition coefficient (Wildman–Crippen LogP) is 2.73. The van der Waals surface area contributed by atoms with Gasteiger partial charge in [-0.05, 0) is 25.0 Å². The van der Waals surface area contributed by atoms with E-state index in [0.29, 0.717) is 12.8 Å². The van der Waals surface area contributed by atoms with E-state index in [1.54, 1.807) is 30.4 Å². The molecule has 0 saturated heterocycles. The lowest BCUT2D eigenvalue weighted by molar-refractivity contribution is -0.116. The quantitative estimate of drug-likeness (QED) is 0.585. The fourth-order valence-corrected chi connectivity index (χ4v) is 1.77. The molecule has 5 heteroatoms. The van der Waals surface area contributed by atoms with Crippen molar-refractivity contribution >= 4 is 11.8 Å². The fraction of sp³-hybridized carbons (Fsp3) is 0.176. The highest BCUT2D eigenvalue weighted by molar-refractivity contribution is 6.02. The molecule has 0 atom stereocenters. The largest absolute Gasteiger partial charge is 0.366 e. The zero-order chi connectivity index (χ0) is 16.5. The molecule has 0 fully saturated rings. The molecular weight excluding hydrogens is 283 g/mol. The molecule has 0 aromatic rings. The number of allylic oxidation sites excluding steroid dienone is 7. The van der Waals surface area contributed by atoms with E-state index in [2.05, 4.69) is 11.9 Å². The second-order valence-electron chi connectivity index (χ2n) is 4.46. The number of nitrogens with two attached hydrogens (primary N) is 1. The first-order chi connectivity index (χ1) is 10.5. The molecule has 3 N–H and O–H groups in total. The first-order valence-corrected chi connectivity index (χ1v) is 6.88. The normalized spacial score (nSPS) is 15.5. The minimum Gasteiger partial charge on any atom is -0.366 e. The van der Waals surface area contributed by atoms with Crippen LogP contribution in [0, 0.1) is 0 Å². The first-order valence-electron chi connectivity index (χ1n) is 6.88. The van der Waals surface area contributed by atoms with E-state index in [4.69, 9.17) is 5.73 Å². The summed E-state index contributed by atoms with van der Waals surface area (Å²) in [5, 5.41) is 2.52. The molecule has 0 aromatic carbocycles. The maximum absolute atomic E-state index is 13.8. The smallest absolute Gasteiger partial charge is 0.258 e. The van der Waals surface area contributed by atoms with Gasteiger partial charge in [-0.1, -0.05) is 43.9 Å². The number of hydrogen-bond donors (Lipinski definition) is 2. The van der Waals surface area contributed by atoms with Gasteiger partial charge in [0, 0.05) is 0 Å². The van der Waals surface area contributed by atoms with Gasteiger partial charge >= 0.3 is 0 Å².